The highest BCUT2D eigenvalue weighted by Crippen LogP contribution is 2.38. The summed E-state index contributed by atoms with van der Waals surface area (Å²) in [7, 11) is 0. The molecule has 0 aromatic heterocycles. The van der Waals surface area contributed by atoms with Crippen molar-refractivity contribution in [2.75, 3.05) is 6.61 Å². The van der Waals surface area contributed by atoms with Crippen LogP contribution in [0.15, 0.2) is 61.2 Å². The third kappa shape index (κ3) is 7.96. The van der Waals surface area contributed by atoms with E-state index in [-0.39, 0.29) is 0 Å². The van der Waals surface area contributed by atoms with Crippen LogP contribution in [0.5, 0.6) is 0 Å². The topological polar surface area (TPSA) is 9.23 Å². The second-order valence-electron chi connectivity index (χ2n) is 9.40. The molecule has 2 aromatic carbocycles. The van der Waals surface area contributed by atoms with Crippen molar-refractivity contribution in [3.63, 3.8) is 0 Å². The van der Waals surface area contributed by atoms with Crippen LogP contribution in [0.3, 0.4) is 0 Å². The Kier molecular flexibility index (Phi) is 10.4. The number of hydrogen-bond acceptors (Lipinski definition) is 1. The van der Waals surface area contributed by atoms with Gasteiger partial charge in [-0.2, -0.15) is 0 Å². The second kappa shape index (κ2) is 13.5. The first-order valence-corrected chi connectivity index (χ1v) is 12.7. The molecule has 1 aliphatic rings. The highest BCUT2D eigenvalue weighted by Gasteiger charge is 2.22. The lowest BCUT2D eigenvalue weighted by Crippen LogP contribution is -2.13. The fraction of sp³-hybridized carbons (Fsp3) is 0.533. The summed E-state index contributed by atoms with van der Waals surface area (Å²) in [6.07, 6.45) is 17.4. The Morgan fingerprint density at radius 2 is 1.42 bits per heavy atom. The Labute approximate surface area is 190 Å². The Bertz CT molecular complexity index is 735. The summed E-state index contributed by atoms with van der Waals surface area (Å²) >= 11 is 0. The zero-order chi connectivity index (χ0) is 21.7. The van der Waals surface area contributed by atoms with E-state index in [1.807, 2.05) is 0 Å². The van der Waals surface area contributed by atoms with Gasteiger partial charge in [0.15, 0.2) is 0 Å². The van der Waals surface area contributed by atoms with Gasteiger partial charge in [0.05, 0.1) is 13.2 Å². The molecular formula is C30H42O. The van der Waals surface area contributed by atoms with E-state index in [0.717, 1.165) is 11.8 Å². The van der Waals surface area contributed by atoms with E-state index >= 15 is 0 Å². The van der Waals surface area contributed by atoms with E-state index in [4.69, 9.17) is 4.74 Å². The molecule has 168 valence electrons. The second-order valence-corrected chi connectivity index (χ2v) is 9.40. The largest absolute Gasteiger partial charge is 0.373 e. The van der Waals surface area contributed by atoms with Gasteiger partial charge in [-0.05, 0) is 59.8 Å². The van der Waals surface area contributed by atoms with Crippen molar-refractivity contribution in [2.24, 2.45) is 5.92 Å². The van der Waals surface area contributed by atoms with Crippen molar-refractivity contribution in [1.29, 1.82) is 0 Å². The molecule has 1 heteroatoms. The Morgan fingerprint density at radius 3 is 2.06 bits per heavy atom. The highest BCUT2D eigenvalue weighted by atomic mass is 16.5. The van der Waals surface area contributed by atoms with Crippen LogP contribution < -0.4 is 0 Å². The van der Waals surface area contributed by atoms with Crippen molar-refractivity contribution >= 4 is 0 Å². The van der Waals surface area contributed by atoms with E-state index < -0.39 is 0 Å². The molecule has 1 aliphatic carbocycles. The molecule has 0 bridgehead atoms. The molecule has 0 atom stereocenters. The van der Waals surface area contributed by atoms with Gasteiger partial charge in [0.2, 0.25) is 0 Å². The average Bonchev–Trinajstić information content (AvgIpc) is 2.82. The van der Waals surface area contributed by atoms with Gasteiger partial charge in [-0.3, -0.25) is 0 Å². The number of unbranched alkanes of at least 4 members (excludes halogenated alkanes) is 5. The maximum atomic E-state index is 5.53. The van der Waals surface area contributed by atoms with E-state index in [1.165, 1.54) is 92.9 Å². The van der Waals surface area contributed by atoms with Crippen LogP contribution in [-0.4, -0.2) is 6.61 Å². The molecule has 2 aromatic rings. The third-order valence-corrected chi connectivity index (χ3v) is 6.99. The maximum Gasteiger partial charge on any atom is 0.0721 e. The lowest BCUT2D eigenvalue weighted by atomic mass is 9.77. The van der Waals surface area contributed by atoms with E-state index in [0.29, 0.717) is 13.2 Å². The Hall–Kier alpha value is -1.86. The van der Waals surface area contributed by atoms with Gasteiger partial charge in [0.25, 0.3) is 0 Å². The SMILES string of the molecule is C=CCOCc1ccc(-c2ccc([C@H]3CC[C@H](CCCCCCCC)CC3)cc2)cc1. The first kappa shape index (κ1) is 23.8. The summed E-state index contributed by atoms with van der Waals surface area (Å²) < 4.78 is 5.53. The Morgan fingerprint density at radius 1 is 0.806 bits per heavy atom. The molecule has 0 radical (unpaired) electrons. The minimum absolute atomic E-state index is 0.601. The van der Waals surface area contributed by atoms with Crippen LogP contribution in [0.1, 0.15) is 94.6 Å². The summed E-state index contributed by atoms with van der Waals surface area (Å²) in [6, 6.07) is 18.1. The molecule has 3 rings (SSSR count). The lowest BCUT2D eigenvalue weighted by molar-refractivity contribution is 0.149. The van der Waals surface area contributed by atoms with Crippen molar-refractivity contribution < 1.29 is 4.74 Å². The summed E-state index contributed by atoms with van der Waals surface area (Å²) in [4.78, 5) is 0. The third-order valence-electron chi connectivity index (χ3n) is 6.99. The molecule has 0 spiro atoms. The van der Waals surface area contributed by atoms with E-state index in [9.17, 15) is 0 Å². The fourth-order valence-corrected chi connectivity index (χ4v) is 5.00. The minimum Gasteiger partial charge on any atom is -0.373 e. The van der Waals surface area contributed by atoms with Crippen LogP contribution in [0.4, 0.5) is 0 Å². The minimum atomic E-state index is 0.601. The molecule has 31 heavy (non-hydrogen) atoms. The van der Waals surface area contributed by atoms with E-state index in [2.05, 4.69) is 62.0 Å². The fourth-order valence-electron chi connectivity index (χ4n) is 5.00. The smallest absolute Gasteiger partial charge is 0.0721 e. The number of hydrogen-bond donors (Lipinski definition) is 0. The lowest BCUT2D eigenvalue weighted by Gasteiger charge is -2.29. The van der Waals surface area contributed by atoms with Crippen LogP contribution in [0, 0.1) is 5.92 Å². The molecule has 0 amide bonds. The normalized spacial score (nSPS) is 18.7. The molecule has 1 saturated carbocycles. The van der Waals surface area contributed by atoms with Crippen molar-refractivity contribution in [3.8, 4) is 11.1 Å². The van der Waals surface area contributed by atoms with Gasteiger partial charge in [-0.15, -0.1) is 6.58 Å². The van der Waals surface area contributed by atoms with Gasteiger partial charge < -0.3 is 4.74 Å². The maximum absolute atomic E-state index is 5.53. The molecule has 1 nitrogen and oxygen atoms in total. The van der Waals surface area contributed by atoms with Gasteiger partial charge in [-0.1, -0.05) is 106 Å². The predicted octanol–water partition coefficient (Wildman–Crippen LogP) is 9.08. The van der Waals surface area contributed by atoms with Crippen molar-refractivity contribution in [3.05, 3.63) is 72.3 Å². The summed E-state index contributed by atoms with van der Waals surface area (Å²) in [5.74, 6) is 1.75. The van der Waals surface area contributed by atoms with Gasteiger partial charge in [-0.25, -0.2) is 0 Å². The summed E-state index contributed by atoms with van der Waals surface area (Å²) in [5.41, 5.74) is 5.33. The number of benzene rings is 2. The van der Waals surface area contributed by atoms with Crippen LogP contribution in [0.25, 0.3) is 11.1 Å². The van der Waals surface area contributed by atoms with Gasteiger partial charge in [0, 0.05) is 0 Å². The molecule has 1 fully saturated rings. The van der Waals surface area contributed by atoms with Gasteiger partial charge >= 0.3 is 0 Å². The zero-order valence-electron chi connectivity index (χ0n) is 19.7. The standard InChI is InChI=1S/C30H42O/c1-3-5-6-7-8-9-10-25-11-15-27(16-12-25)29-19-21-30(22-20-29)28-17-13-26(14-18-28)24-31-23-4-2/h4,13-14,17-22,25,27H,2-3,5-12,15-16,23-24H2,1H3/t25-,27-. The predicted molar refractivity (Wildman–Crippen MR) is 134 cm³/mol. The van der Waals surface area contributed by atoms with Gasteiger partial charge in [0.1, 0.15) is 0 Å². The Balaban J connectivity index is 1.42. The quantitative estimate of drug-likeness (QED) is 0.233. The van der Waals surface area contributed by atoms with Crippen LogP contribution >= 0.6 is 0 Å². The first-order valence-electron chi connectivity index (χ1n) is 12.7. The van der Waals surface area contributed by atoms with Crippen molar-refractivity contribution in [1.82, 2.24) is 0 Å². The molecule has 0 unspecified atom stereocenters. The monoisotopic (exact) mass is 418 g/mol. The summed E-state index contributed by atoms with van der Waals surface area (Å²) in [5, 5.41) is 0. The highest BCUT2D eigenvalue weighted by molar-refractivity contribution is 5.64. The molecule has 0 aliphatic heterocycles. The number of rotatable bonds is 13. The molecular weight excluding hydrogens is 376 g/mol. The first-order chi connectivity index (χ1) is 15.3. The van der Waals surface area contributed by atoms with Crippen molar-refractivity contribution in [2.45, 2.75) is 90.1 Å². The van der Waals surface area contributed by atoms with Crippen LogP contribution in [-0.2, 0) is 11.3 Å². The average molecular weight is 419 g/mol. The zero-order valence-corrected chi connectivity index (χ0v) is 19.7. The summed E-state index contributed by atoms with van der Waals surface area (Å²) in [6.45, 7) is 7.23. The molecule has 0 saturated heterocycles. The van der Waals surface area contributed by atoms with Crippen LogP contribution in [0.2, 0.25) is 0 Å². The van der Waals surface area contributed by atoms with E-state index in [1.54, 1.807) is 6.08 Å². The molecule has 0 N–H and O–H groups in total. The molecule has 0 heterocycles. The number of ether oxygens (including phenoxy) is 1.